The van der Waals surface area contributed by atoms with Crippen molar-refractivity contribution in [2.45, 2.75) is 54.9 Å². The van der Waals surface area contributed by atoms with Gasteiger partial charge in [-0.05, 0) is 25.4 Å². The Morgan fingerprint density at radius 1 is 1.12 bits per heavy atom. The summed E-state index contributed by atoms with van der Waals surface area (Å²) in [5.41, 5.74) is 7.21. The molecule has 0 saturated heterocycles. The van der Waals surface area contributed by atoms with Crippen LogP contribution in [0.3, 0.4) is 0 Å². The number of nitrogen functional groups attached to an aromatic ring is 1. The zero-order valence-corrected chi connectivity index (χ0v) is 18.6. The second-order valence-corrected chi connectivity index (χ2v) is 4.31. The zero-order valence-electron chi connectivity index (χ0n) is 15.9. The quantitative estimate of drug-likeness (QED) is 0.556. The molecule has 2 N–H and O–H groups in total. The molecule has 137 valence electrons. The Bertz CT molecular complexity index is 546. The van der Waals surface area contributed by atoms with E-state index in [1.807, 2.05) is 40.7 Å². The molecule has 0 aliphatic carbocycles. The van der Waals surface area contributed by atoms with Crippen molar-refractivity contribution in [3.05, 3.63) is 17.1 Å². The van der Waals surface area contributed by atoms with Gasteiger partial charge in [0, 0.05) is 26.1 Å². The van der Waals surface area contributed by atoms with E-state index in [-0.39, 0.29) is 26.4 Å². The summed E-state index contributed by atoms with van der Waals surface area (Å²) in [6, 6.07) is 1.85. The molecule has 1 radical (unpaired) electrons. The molecule has 0 spiro atoms. The third-order valence-corrected chi connectivity index (χ3v) is 2.36. The summed E-state index contributed by atoms with van der Waals surface area (Å²) < 4.78 is 5.52. The molecule has 6 nitrogen and oxygen atoms in total. The van der Waals surface area contributed by atoms with Crippen LogP contribution < -0.4 is 10.5 Å². The first kappa shape index (κ1) is 24.8. The summed E-state index contributed by atoms with van der Waals surface area (Å²) in [7, 11) is 0. The number of aryl methyl sites for hydroxylation is 1. The summed E-state index contributed by atoms with van der Waals surface area (Å²) in [5, 5.41) is 5.05. The Labute approximate surface area is 159 Å². The minimum atomic E-state index is 0. The molecule has 7 heteroatoms. The van der Waals surface area contributed by atoms with Gasteiger partial charge in [-0.2, -0.15) is 0 Å². The number of hydrogen-bond acceptors (Lipinski definition) is 5. The summed E-state index contributed by atoms with van der Waals surface area (Å²) in [6.45, 7) is 15.2. The molecule has 0 atom stereocenters. The van der Waals surface area contributed by atoms with Gasteiger partial charge < -0.3 is 20.8 Å². The minimum absolute atomic E-state index is 0. The third kappa shape index (κ3) is 6.98. The SMILES string of the molecule is CC.CC.CCC.Cc1cc2nc(N)nc3c2c(n1)OCC[N-]3.[Re]. The third-order valence-electron chi connectivity index (χ3n) is 2.36. The number of nitrogens with zero attached hydrogens (tertiary/aromatic N) is 4. The van der Waals surface area contributed by atoms with Gasteiger partial charge in [-0.3, -0.25) is 0 Å². The molecule has 3 rings (SSSR count). The van der Waals surface area contributed by atoms with Crippen LogP contribution in [0.4, 0.5) is 11.8 Å². The maximum Gasteiger partial charge on any atom is 0.223 e. The predicted octanol–water partition coefficient (Wildman–Crippen LogP) is 4.78. The number of pyridine rings is 1. The maximum atomic E-state index is 5.63. The molecule has 1 aliphatic heterocycles. The topological polar surface area (TPSA) is 88.0 Å². The average molecular weight is 507 g/mol. The Morgan fingerprint density at radius 2 is 1.71 bits per heavy atom. The summed E-state index contributed by atoms with van der Waals surface area (Å²) in [4.78, 5) is 12.6. The van der Waals surface area contributed by atoms with Gasteiger partial charge in [0.15, 0.2) is 0 Å². The van der Waals surface area contributed by atoms with E-state index in [0.717, 1.165) is 16.6 Å². The minimum Gasteiger partial charge on any atom is -0.477 e. The molecule has 0 fully saturated rings. The van der Waals surface area contributed by atoms with Gasteiger partial charge in [0.25, 0.3) is 0 Å². The molecule has 0 unspecified atom stereocenters. The Kier molecular flexibility index (Phi) is 14.4. The second kappa shape index (κ2) is 13.9. The van der Waals surface area contributed by atoms with Gasteiger partial charge in [0.05, 0.1) is 17.5 Å². The van der Waals surface area contributed by atoms with Crippen molar-refractivity contribution < 1.29 is 25.2 Å². The Hall–Kier alpha value is -1.45. The van der Waals surface area contributed by atoms with E-state index >= 15 is 0 Å². The monoisotopic (exact) mass is 507 g/mol. The number of aromatic nitrogens is 3. The fourth-order valence-corrected chi connectivity index (χ4v) is 1.75. The van der Waals surface area contributed by atoms with E-state index < -0.39 is 0 Å². The first-order valence-corrected chi connectivity index (χ1v) is 8.40. The van der Waals surface area contributed by atoms with Gasteiger partial charge in [-0.15, -0.1) is 0 Å². The largest absolute Gasteiger partial charge is 0.477 e. The van der Waals surface area contributed by atoms with Gasteiger partial charge in [-0.1, -0.05) is 48.0 Å². The summed E-state index contributed by atoms with van der Waals surface area (Å²) >= 11 is 0. The van der Waals surface area contributed by atoms with Crippen LogP contribution in [0.5, 0.6) is 5.88 Å². The van der Waals surface area contributed by atoms with Gasteiger partial charge in [0.2, 0.25) is 5.88 Å². The molecule has 0 bridgehead atoms. The predicted molar refractivity (Wildman–Crippen MR) is 98.5 cm³/mol. The number of nitrogens with two attached hydrogens (primary N) is 1. The van der Waals surface area contributed by atoms with Crippen molar-refractivity contribution in [1.29, 1.82) is 0 Å². The van der Waals surface area contributed by atoms with Crippen LogP contribution in [0.25, 0.3) is 16.2 Å². The Balaban J connectivity index is 0. The van der Waals surface area contributed by atoms with Crippen LogP contribution in [0.1, 0.15) is 53.7 Å². The standard InChI is InChI=1S/C10H10N5O.C3H8.2C2H6.Re/c1-5-4-6-7-8(15-10(11)14-6)12-2-3-16-9(7)13-5;1-3-2;2*1-2;/h4H,2-3H2,1H3,(H2-,11,12,14,15);3H2,1-2H3;2*1-2H3;/q-1;;;;. The molecule has 2 aromatic rings. The van der Waals surface area contributed by atoms with Crippen molar-refractivity contribution in [1.82, 2.24) is 15.0 Å². The van der Waals surface area contributed by atoms with Crippen LogP contribution in [0.2, 0.25) is 0 Å². The number of anilines is 1. The number of ether oxygens (including phenoxy) is 1. The molecule has 1 aliphatic rings. The van der Waals surface area contributed by atoms with Crippen LogP contribution >= 0.6 is 0 Å². The van der Waals surface area contributed by atoms with Crippen molar-refractivity contribution in [3.63, 3.8) is 0 Å². The Morgan fingerprint density at radius 3 is 2.29 bits per heavy atom. The first-order valence-electron chi connectivity index (χ1n) is 8.40. The summed E-state index contributed by atoms with van der Waals surface area (Å²) in [5.74, 6) is 1.35. The molecule has 0 saturated carbocycles. The number of hydrogen-bond donors (Lipinski definition) is 1. The van der Waals surface area contributed by atoms with E-state index in [1.54, 1.807) is 0 Å². The zero-order chi connectivity index (χ0) is 17.8. The van der Waals surface area contributed by atoms with Crippen LogP contribution in [0, 0.1) is 6.92 Å². The van der Waals surface area contributed by atoms with E-state index in [2.05, 4.69) is 34.1 Å². The van der Waals surface area contributed by atoms with E-state index in [4.69, 9.17) is 10.5 Å². The summed E-state index contributed by atoms with van der Waals surface area (Å²) in [6.07, 6.45) is 1.25. The second-order valence-electron chi connectivity index (χ2n) is 4.31. The number of rotatable bonds is 0. The normalized spacial score (nSPS) is 10.6. The van der Waals surface area contributed by atoms with Crippen molar-refractivity contribution in [2.24, 2.45) is 0 Å². The van der Waals surface area contributed by atoms with Crippen molar-refractivity contribution >= 4 is 22.7 Å². The first-order chi connectivity index (χ1) is 11.2. The van der Waals surface area contributed by atoms with E-state index in [1.165, 1.54) is 6.42 Å². The smallest absolute Gasteiger partial charge is 0.223 e. The fourth-order valence-electron chi connectivity index (χ4n) is 1.75. The molecular formula is C17H30N5ORe-. The molecular weight excluding hydrogens is 476 g/mol. The van der Waals surface area contributed by atoms with E-state index in [9.17, 15) is 0 Å². The molecule has 3 heterocycles. The van der Waals surface area contributed by atoms with Crippen LogP contribution in [-0.2, 0) is 20.4 Å². The maximum absolute atomic E-state index is 5.63. The molecule has 2 aromatic heterocycles. The molecule has 0 amide bonds. The molecule has 24 heavy (non-hydrogen) atoms. The van der Waals surface area contributed by atoms with E-state index in [0.29, 0.717) is 24.8 Å². The van der Waals surface area contributed by atoms with Crippen LogP contribution in [-0.4, -0.2) is 28.1 Å². The van der Waals surface area contributed by atoms with Crippen LogP contribution in [0.15, 0.2) is 6.07 Å². The molecule has 0 aromatic carbocycles. The van der Waals surface area contributed by atoms with Crippen molar-refractivity contribution in [2.75, 3.05) is 18.9 Å². The fraction of sp³-hybridized carbons (Fsp3) is 0.588. The van der Waals surface area contributed by atoms with Gasteiger partial charge in [0.1, 0.15) is 5.95 Å². The van der Waals surface area contributed by atoms with Gasteiger partial charge in [-0.25, -0.2) is 9.97 Å². The van der Waals surface area contributed by atoms with Gasteiger partial charge >= 0.3 is 0 Å². The average Bonchev–Trinajstić information content (AvgIpc) is 2.74. The van der Waals surface area contributed by atoms with Crippen molar-refractivity contribution in [3.8, 4) is 5.88 Å².